The zero-order valence-electron chi connectivity index (χ0n) is 34.3. The standard InChI is InChI=1S/C44H68N4O5/c1-28(2)37-32(50)24-43(35(51)26-46-25-30-10-11-31(53-30)27-48-22-20-47(9)21-23-48)19-18-42(8)41(7)16-12-33-39(4,5)36(52-29(3)49)14-15-40(33,6)34(41)13-17-44(42,45)38(37)43/h10-11,28,33-34,36,46H,12-27,45H2,1-9H3/t33-,34+,36-,40-,41+,42-,43-,44-/m0/s1. The zero-order valence-corrected chi connectivity index (χ0v) is 34.3. The van der Waals surface area contributed by atoms with Crippen LogP contribution >= 0.6 is 0 Å². The maximum atomic E-state index is 14.7. The molecule has 4 saturated carbocycles. The van der Waals surface area contributed by atoms with Gasteiger partial charge in [-0.25, -0.2) is 0 Å². The molecule has 294 valence electrons. The van der Waals surface area contributed by atoms with E-state index in [1.807, 2.05) is 6.07 Å². The number of Topliss-reactive ketones (excluding diaryl/α,β-unsaturated/α-hetero) is 2. The fourth-order valence-corrected chi connectivity index (χ4v) is 13.8. The van der Waals surface area contributed by atoms with Crippen LogP contribution in [0.1, 0.15) is 125 Å². The lowest BCUT2D eigenvalue weighted by Crippen LogP contribution is -2.74. The van der Waals surface area contributed by atoms with Gasteiger partial charge in [-0.2, -0.15) is 0 Å². The maximum Gasteiger partial charge on any atom is 0.302 e. The van der Waals surface area contributed by atoms with Crippen LogP contribution in [0, 0.1) is 44.8 Å². The van der Waals surface area contributed by atoms with Crippen molar-refractivity contribution < 1.29 is 23.5 Å². The number of allylic oxidation sites excluding steroid dienone is 1. The van der Waals surface area contributed by atoms with E-state index in [-0.39, 0.29) is 64.2 Å². The molecule has 6 aliphatic rings. The molecule has 5 aliphatic carbocycles. The van der Waals surface area contributed by atoms with Gasteiger partial charge in [-0.15, -0.1) is 0 Å². The number of ketones is 2. The molecular formula is C44H68N4O5. The molecule has 0 aromatic carbocycles. The number of nitrogens with two attached hydrogens (primary N) is 1. The van der Waals surface area contributed by atoms with Crippen molar-refractivity contribution in [2.45, 2.75) is 138 Å². The molecule has 8 atom stereocenters. The van der Waals surface area contributed by atoms with Crippen LogP contribution < -0.4 is 11.1 Å². The molecule has 1 aromatic rings. The highest BCUT2D eigenvalue weighted by molar-refractivity contribution is 6.08. The van der Waals surface area contributed by atoms with Crippen molar-refractivity contribution >= 4 is 17.5 Å². The van der Waals surface area contributed by atoms with Crippen molar-refractivity contribution in [1.82, 2.24) is 15.1 Å². The van der Waals surface area contributed by atoms with Crippen LogP contribution in [0.2, 0.25) is 0 Å². The summed E-state index contributed by atoms with van der Waals surface area (Å²) in [6, 6.07) is 4.07. The molecule has 53 heavy (non-hydrogen) atoms. The van der Waals surface area contributed by atoms with Crippen LogP contribution in [0.25, 0.3) is 0 Å². The minimum Gasteiger partial charge on any atom is -0.463 e. The fraction of sp³-hybridized carbons (Fsp3) is 0.795. The first-order chi connectivity index (χ1) is 24.8. The Morgan fingerprint density at radius 1 is 0.943 bits per heavy atom. The number of rotatable bonds is 9. The summed E-state index contributed by atoms with van der Waals surface area (Å²) >= 11 is 0. The second-order valence-electron chi connectivity index (χ2n) is 20.0. The molecule has 9 nitrogen and oxygen atoms in total. The Morgan fingerprint density at radius 2 is 1.62 bits per heavy atom. The largest absolute Gasteiger partial charge is 0.463 e. The van der Waals surface area contributed by atoms with E-state index >= 15 is 0 Å². The summed E-state index contributed by atoms with van der Waals surface area (Å²) in [5.74, 6) is 2.69. The predicted molar refractivity (Wildman–Crippen MR) is 207 cm³/mol. The Bertz CT molecular complexity index is 1660. The summed E-state index contributed by atoms with van der Waals surface area (Å²) in [5, 5.41) is 3.42. The molecule has 3 N–H and O–H groups in total. The molecule has 9 heteroatoms. The Morgan fingerprint density at radius 3 is 2.30 bits per heavy atom. The Labute approximate surface area is 318 Å². The van der Waals surface area contributed by atoms with Crippen molar-refractivity contribution in [3.05, 3.63) is 34.8 Å². The van der Waals surface area contributed by atoms with Crippen molar-refractivity contribution in [3.8, 4) is 0 Å². The van der Waals surface area contributed by atoms with Crippen molar-refractivity contribution in [2.75, 3.05) is 39.8 Å². The predicted octanol–water partition coefficient (Wildman–Crippen LogP) is 6.68. The topological polar surface area (TPSA) is 118 Å². The minimum atomic E-state index is -0.859. The first-order valence-electron chi connectivity index (χ1n) is 20.8. The van der Waals surface area contributed by atoms with Crippen LogP contribution in [0.4, 0.5) is 0 Å². The lowest BCUT2D eigenvalue weighted by atomic mass is 9.31. The number of nitrogens with zero attached hydrogens (tertiary/aromatic N) is 2. The molecule has 7 rings (SSSR count). The fourth-order valence-electron chi connectivity index (χ4n) is 13.8. The number of carbonyl (C=O) groups excluding carboxylic acids is 3. The summed E-state index contributed by atoms with van der Waals surface area (Å²) in [5.41, 5.74) is 7.82. The number of nitrogens with one attached hydrogen (secondary N) is 1. The molecule has 1 aliphatic heterocycles. The lowest BCUT2D eigenvalue weighted by molar-refractivity contribution is -0.236. The number of hydrogen-bond donors (Lipinski definition) is 2. The van der Waals surface area contributed by atoms with Gasteiger partial charge in [-0.1, -0.05) is 48.5 Å². The van der Waals surface area contributed by atoms with Gasteiger partial charge in [-0.3, -0.25) is 19.3 Å². The highest BCUT2D eigenvalue weighted by atomic mass is 16.5. The number of carbonyl (C=O) groups is 3. The van der Waals surface area contributed by atoms with Gasteiger partial charge in [0.15, 0.2) is 11.6 Å². The highest BCUT2D eigenvalue weighted by Crippen LogP contribution is 2.77. The molecule has 1 aromatic heterocycles. The number of esters is 1. The molecular weight excluding hydrogens is 665 g/mol. The third kappa shape index (κ3) is 5.87. The first kappa shape index (κ1) is 38.9. The average Bonchev–Trinajstić information content (AvgIpc) is 3.66. The van der Waals surface area contributed by atoms with Gasteiger partial charge in [0, 0.05) is 50.5 Å². The van der Waals surface area contributed by atoms with E-state index in [1.165, 1.54) is 6.92 Å². The van der Waals surface area contributed by atoms with Gasteiger partial charge in [0.05, 0.1) is 25.0 Å². The zero-order chi connectivity index (χ0) is 38.4. The van der Waals surface area contributed by atoms with Crippen LogP contribution in [-0.4, -0.2) is 78.7 Å². The number of hydrogen-bond acceptors (Lipinski definition) is 9. The van der Waals surface area contributed by atoms with E-state index in [0.29, 0.717) is 24.8 Å². The summed E-state index contributed by atoms with van der Waals surface area (Å²) < 4.78 is 12.2. The molecule has 0 amide bonds. The van der Waals surface area contributed by atoms with E-state index in [9.17, 15) is 14.4 Å². The van der Waals surface area contributed by atoms with Gasteiger partial charge in [-0.05, 0) is 116 Å². The average molecular weight is 733 g/mol. The van der Waals surface area contributed by atoms with Crippen LogP contribution in [-0.2, 0) is 32.2 Å². The molecule has 0 radical (unpaired) electrons. The third-order valence-corrected chi connectivity index (χ3v) is 16.8. The summed E-state index contributed by atoms with van der Waals surface area (Å²) in [6.07, 6.45) is 7.46. The van der Waals surface area contributed by atoms with Crippen molar-refractivity contribution in [2.24, 2.45) is 50.6 Å². The summed E-state index contributed by atoms with van der Waals surface area (Å²) in [4.78, 5) is 45.7. The highest BCUT2D eigenvalue weighted by Gasteiger charge is 2.74. The number of likely N-dealkylation sites (N-methyl/N-ethyl adjacent to an activating group) is 1. The smallest absolute Gasteiger partial charge is 0.302 e. The van der Waals surface area contributed by atoms with Crippen LogP contribution in [0.3, 0.4) is 0 Å². The van der Waals surface area contributed by atoms with Crippen LogP contribution in [0.5, 0.6) is 0 Å². The summed E-state index contributed by atoms with van der Waals surface area (Å²) in [7, 11) is 2.16. The second kappa shape index (κ2) is 13.4. The van der Waals surface area contributed by atoms with Gasteiger partial charge in [0.25, 0.3) is 0 Å². The van der Waals surface area contributed by atoms with Gasteiger partial charge >= 0.3 is 5.97 Å². The normalized spacial score (nSPS) is 40.1. The van der Waals surface area contributed by atoms with Gasteiger partial charge < -0.3 is 25.1 Å². The number of furan rings is 1. The van der Waals surface area contributed by atoms with Gasteiger partial charge in [0.2, 0.25) is 0 Å². The third-order valence-electron chi connectivity index (χ3n) is 16.8. The molecule has 0 spiro atoms. The van der Waals surface area contributed by atoms with E-state index in [4.69, 9.17) is 14.9 Å². The van der Waals surface area contributed by atoms with E-state index in [2.05, 4.69) is 76.7 Å². The number of fused-ring (bicyclic) bond motifs is 7. The monoisotopic (exact) mass is 733 g/mol. The van der Waals surface area contributed by atoms with E-state index in [0.717, 1.165) is 100 Å². The van der Waals surface area contributed by atoms with Crippen LogP contribution in [0.15, 0.2) is 27.7 Å². The number of piperazine rings is 1. The molecule has 1 saturated heterocycles. The Hall–Kier alpha value is -2.33. The van der Waals surface area contributed by atoms with E-state index in [1.54, 1.807) is 0 Å². The SMILES string of the molecule is CC(=O)O[C@H]1CC[C@]2(C)[C@H]3CC[C@]4(N)C5=C(C(C)C)C(=O)C[C@]5(C(=O)CNCc5ccc(CN6CCN(C)CC6)o5)CC[C@@]4(C)[C@]3(C)CC[C@H]2C1(C)C. The first-order valence-corrected chi connectivity index (χ1v) is 20.8. The molecule has 0 unspecified atom stereocenters. The van der Waals surface area contributed by atoms with Gasteiger partial charge in [0.1, 0.15) is 17.6 Å². The molecule has 2 heterocycles. The quantitative estimate of drug-likeness (QED) is 0.268. The maximum absolute atomic E-state index is 14.7. The lowest BCUT2D eigenvalue weighted by Gasteiger charge is -2.74. The Balaban J connectivity index is 1.13. The second-order valence-corrected chi connectivity index (χ2v) is 20.0. The molecule has 5 fully saturated rings. The molecule has 0 bridgehead atoms. The minimum absolute atomic E-state index is 0.000823. The summed E-state index contributed by atoms with van der Waals surface area (Å²) in [6.45, 7) is 23.5. The van der Waals surface area contributed by atoms with E-state index < -0.39 is 11.0 Å². The Kier molecular flexibility index (Phi) is 9.85. The van der Waals surface area contributed by atoms with Crippen molar-refractivity contribution in [3.63, 3.8) is 0 Å². The van der Waals surface area contributed by atoms with Crippen molar-refractivity contribution in [1.29, 1.82) is 0 Å². The number of ether oxygens (including phenoxy) is 1.